The summed E-state index contributed by atoms with van der Waals surface area (Å²) in [7, 11) is 0. The minimum Gasteiger partial charge on any atom is -0.353 e. The van der Waals surface area contributed by atoms with Crippen molar-refractivity contribution in [3.63, 3.8) is 0 Å². The van der Waals surface area contributed by atoms with Crippen LogP contribution in [0.5, 0.6) is 0 Å². The van der Waals surface area contributed by atoms with Crippen molar-refractivity contribution in [2.24, 2.45) is 11.7 Å². The first-order valence-electron chi connectivity index (χ1n) is 7.21. The molecule has 1 aliphatic carbocycles. The summed E-state index contributed by atoms with van der Waals surface area (Å²) in [4.78, 5) is 11.8. The summed E-state index contributed by atoms with van der Waals surface area (Å²) in [5.41, 5.74) is 5.50. The first kappa shape index (κ1) is 14.5. The zero-order valence-corrected chi connectivity index (χ0v) is 11.2. The molecule has 1 aliphatic rings. The van der Waals surface area contributed by atoms with Gasteiger partial charge in [0.15, 0.2) is 0 Å². The van der Waals surface area contributed by atoms with Crippen molar-refractivity contribution >= 4 is 5.91 Å². The summed E-state index contributed by atoms with van der Waals surface area (Å²) in [6.07, 6.45) is 10.2. The molecule has 0 spiro atoms. The van der Waals surface area contributed by atoms with Gasteiger partial charge in [-0.25, -0.2) is 0 Å². The largest absolute Gasteiger partial charge is 0.353 e. The summed E-state index contributed by atoms with van der Waals surface area (Å²) >= 11 is 0. The first-order chi connectivity index (χ1) is 8.22. The topological polar surface area (TPSA) is 55.1 Å². The SMILES string of the molecule is CC(CCN)CCC(=O)NC1CCCCCC1. The third-order valence-electron chi connectivity index (χ3n) is 3.74. The number of carbonyl (C=O) groups excluding carboxylic acids is 1. The number of rotatable bonds is 6. The van der Waals surface area contributed by atoms with Gasteiger partial charge >= 0.3 is 0 Å². The number of nitrogens with one attached hydrogen (secondary N) is 1. The summed E-state index contributed by atoms with van der Waals surface area (Å²) < 4.78 is 0. The van der Waals surface area contributed by atoms with E-state index in [0.29, 0.717) is 18.4 Å². The molecule has 0 radical (unpaired) electrons. The molecule has 1 rings (SSSR count). The number of hydrogen-bond acceptors (Lipinski definition) is 2. The van der Waals surface area contributed by atoms with E-state index in [0.717, 1.165) is 19.4 Å². The van der Waals surface area contributed by atoms with E-state index in [1.54, 1.807) is 0 Å². The Balaban J connectivity index is 2.14. The monoisotopic (exact) mass is 240 g/mol. The minimum absolute atomic E-state index is 0.237. The van der Waals surface area contributed by atoms with Gasteiger partial charge in [-0.05, 0) is 38.1 Å². The van der Waals surface area contributed by atoms with Gasteiger partial charge in [0.05, 0.1) is 0 Å². The molecule has 3 nitrogen and oxygen atoms in total. The second-order valence-corrected chi connectivity index (χ2v) is 5.48. The predicted molar refractivity (Wildman–Crippen MR) is 71.7 cm³/mol. The molecule has 0 bridgehead atoms. The van der Waals surface area contributed by atoms with Crippen LogP contribution in [-0.2, 0) is 4.79 Å². The van der Waals surface area contributed by atoms with Crippen LogP contribution in [-0.4, -0.2) is 18.5 Å². The van der Waals surface area contributed by atoms with Crippen LogP contribution in [0.15, 0.2) is 0 Å². The predicted octanol–water partition coefficient (Wildman–Crippen LogP) is 2.59. The summed E-state index contributed by atoms with van der Waals surface area (Å²) in [6.45, 7) is 2.90. The van der Waals surface area contributed by atoms with Crippen LogP contribution in [0.1, 0.15) is 64.7 Å². The Morgan fingerprint density at radius 3 is 2.47 bits per heavy atom. The van der Waals surface area contributed by atoms with Crippen LogP contribution in [0.4, 0.5) is 0 Å². The molecule has 100 valence electrons. The molecule has 3 heteroatoms. The smallest absolute Gasteiger partial charge is 0.220 e. The summed E-state index contributed by atoms with van der Waals surface area (Å²) in [5.74, 6) is 0.806. The minimum atomic E-state index is 0.237. The normalized spacial score (nSPS) is 19.6. The Kier molecular flexibility index (Phi) is 7.25. The van der Waals surface area contributed by atoms with Gasteiger partial charge in [-0.15, -0.1) is 0 Å². The molecule has 1 atom stereocenters. The zero-order valence-electron chi connectivity index (χ0n) is 11.2. The number of carbonyl (C=O) groups is 1. The fourth-order valence-corrected chi connectivity index (χ4v) is 2.53. The first-order valence-corrected chi connectivity index (χ1v) is 7.21. The fraction of sp³-hybridized carbons (Fsp3) is 0.929. The Hall–Kier alpha value is -0.570. The number of nitrogens with two attached hydrogens (primary N) is 1. The van der Waals surface area contributed by atoms with E-state index in [2.05, 4.69) is 12.2 Å². The van der Waals surface area contributed by atoms with Crippen molar-refractivity contribution in [1.29, 1.82) is 0 Å². The molecule has 3 N–H and O–H groups in total. The Morgan fingerprint density at radius 2 is 1.88 bits per heavy atom. The molecule has 1 amide bonds. The highest BCUT2D eigenvalue weighted by Crippen LogP contribution is 2.17. The van der Waals surface area contributed by atoms with Gasteiger partial charge in [0.2, 0.25) is 5.91 Å². The molecular weight excluding hydrogens is 212 g/mol. The maximum atomic E-state index is 11.8. The second-order valence-electron chi connectivity index (χ2n) is 5.48. The average molecular weight is 240 g/mol. The average Bonchev–Trinajstić information content (AvgIpc) is 2.55. The maximum absolute atomic E-state index is 11.8. The van der Waals surface area contributed by atoms with Gasteiger partial charge < -0.3 is 11.1 Å². The maximum Gasteiger partial charge on any atom is 0.220 e. The van der Waals surface area contributed by atoms with Crippen molar-refractivity contribution in [1.82, 2.24) is 5.32 Å². The van der Waals surface area contributed by atoms with Crippen LogP contribution in [0.2, 0.25) is 0 Å². The van der Waals surface area contributed by atoms with Gasteiger partial charge in [-0.3, -0.25) is 4.79 Å². The lowest BCUT2D eigenvalue weighted by atomic mass is 10.0. The molecule has 0 aliphatic heterocycles. The van der Waals surface area contributed by atoms with E-state index in [1.807, 2.05) is 0 Å². The van der Waals surface area contributed by atoms with Gasteiger partial charge in [0.25, 0.3) is 0 Å². The second kappa shape index (κ2) is 8.51. The fourth-order valence-electron chi connectivity index (χ4n) is 2.53. The third kappa shape index (κ3) is 6.67. The van der Waals surface area contributed by atoms with Crippen LogP contribution in [0.3, 0.4) is 0 Å². The Labute approximate surface area is 106 Å². The van der Waals surface area contributed by atoms with Crippen molar-refractivity contribution in [3.05, 3.63) is 0 Å². The van der Waals surface area contributed by atoms with E-state index in [-0.39, 0.29) is 5.91 Å². The van der Waals surface area contributed by atoms with Crippen molar-refractivity contribution in [2.45, 2.75) is 70.8 Å². The summed E-state index contributed by atoms with van der Waals surface area (Å²) in [6, 6.07) is 0.440. The van der Waals surface area contributed by atoms with E-state index >= 15 is 0 Å². The molecular formula is C14H28N2O. The molecule has 0 aromatic carbocycles. The van der Waals surface area contributed by atoms with Crippen molar-refractivity contribution in [3.8, 4) is 0 Å². The molecule has 17 heavy (non-hydrogen) atoms. The summed E-state index contributed by atoms with van der Waals surface area (Å²) in [5, 5.41) is 3.19. The van der Waals surface area contributed by atoms with E-state index in [9.17, 15) is 4.79 Å². The molecule has 1 fully saturated rings. The number of amides is 1. The van der Waals surface area contributed by atoms with Crippen molar-refractivity contribution in [2.75, 3.05) is 6.54 Å². The van der Waals surface area contributed by atoms with Crippen molar-refractivity contribution < 1.29 is 4.79 Å². The molecule has 0 saturated heterocycles. The quantitative estimate of drug-likeness (QED) is 0.701. The van der Waals surface area contributed by atoms with E-state index in [4.69, 9.17) is 5.73 Å². The van der Waals surface area contributed by atoms with E-state index in [1.165, 1.54) is 38.5 Å². The molecule has 0 aromatic heterocycles. The lowest BCUT2D eigenvalue weighted by Crippen LogP contribution is -2.34. The van der Waals surface area contributed by atoms with Gasteiger partial charge in [-0.2, -0.15) is 0 Å². The molecule has 0 aromatic rings. The highest BCUT2D eigenvalue weighted by atomic mass is 16.1. The van der Waals surface area contributed by atoms with Crippen LogP contribution >= 0.6 is 0 Å². The zero-order chi connectivity index (χ0) is 12.5. The van der Waals surface area contributed by atoms with Gasteiger partial charge in [0, 0.05) is 12.5 Å². The van der Waals surface area contributed by atoms with Crippen LogP contribution in [0.25, 0.3) is 0 Å². The Morgan fingerprint density at radius 1 is 1.24 bits per heavy atom. The number of hydrogen-bond donors (Lipinski definition) is 2. The van der Waals surface area contributed by atoms with Gasteiger partial charge in [0.1, 0.15) is 0 Å². The lowest BCUT2D eigenvalue weighted by molar-refractivity contribution is -0.122. The van der Waals surface area contributed by atoms with E-state index < -0.39 is 0 Å². The molecule has 1 unspecified atom stereocenters. The standard InChI is InChI=1S/C14H28N2O/c1-12(10-11-15)8-9-14(17)16-13-6-4-2-3-5-7-13/h12-13H,2-11,15H2,1H3,(H,16,17). The van der Waals surface area contributed by atoms with Crippen LogP contribution < -0.4 is 11.1 Å². The molecule has 0 heterocycles. The Bertz CT molecular complexity index is 210. The highest BCUT2D eigenvalue weighted by molar-refractivity contribution is 5.76. The third-order valence-corrected chi connectivity index (χ3v) is 3.74. The molecule has 1 saturated carbocycles. The van der Waals surface area contributed by atoms with Gasteiger partial charge in [-0.1, -0.05) is 32.6 Å². The lowest BCUT2D eigenvalue weighted by Gasteiger charge is -2.17. The van der Waals surface area contributed by atoms with Crippen LogP contribution in [0, 0.1) is 5.92 Å². The highest BCUT2D eigenvalue weighted by Gasteiger charge is 2.14.